The predicted molar refractivity (Wildman–Crippen MR) is 77.8 cm³/mol. The lowest BCUT2D eigenvalue weighted by Gasteiger charge is -2.30. The molecule has 4 nitrogen and oxygen atoms in total. The van der Waals surface area contributed by atoms with Crippen LogP contribution in [0.3, 0.4) is 0 Å². The molecule has 4 heteroatoms. The number of hydrogen-bond acceptors (Lipinski definition) is 3. The molecule has 2 N–H and O–H groups in total. The average Bonchev–Trinajstić information content (AvgIpc) is 2.81. The van der Waals surface area contributed by atoms with Gasteiger partial charge in [0.05, 0.1) is 12.6 Å². The van der Waals surface area contributed by atoms with Crippen LogP contribution >= 0.6 is 0 Å². The van der Waals surface area contributed by atoms with Crippen LogP contribution < -0.4 is 10.1 Å². The van der Waals surface area contributed by atoms with E-state index in [0.717, 1.165) is 30.9 Å². The second-order valence-electron chi connectivity index (χ2n) is 5.40. The van der Waals surface area contributed by atoms with E-state index in [9.17, 15) is 0 Å². The maximum Gasteiger partial charge on any atom is 0.143 e. The fraction of sp³-hybridized carbons (Fsp3) is 0.467. The maximum atomic E-state index is 5.47. The second-order valence-corrected chi connectivity index (χ2v) is 5.40. The molecule has 0 aliphatic carbocycles. The molecule has 0 radical (unpaired) electrons. The van der Waals surface area contributed by atoms with Crippen molar-refractivity contribution in [2.24, 2.45) is 0 Å². The summed E-state index contributed by atoms with van der Waals surface area (Å²) in [5, 5.41) is 4.87. The Labute approximate surface area is 113 Å². The molecule has 2 heterocycles. The first-order valence-electron chi connectivity index (χ1n) is 6.76. The molecule has 2 aromatic rings. The van der Waals surface area contributed by atoms with Gasteiger partial charge in [-0.25, -0.2) is 0 Å². The zero-order chi connectivity index (χ0) is 13.4. The predicted octanol–water partition coefficient (Wildman–Crippen LogP) is 2.06. The minimum atomic E-state index is 0.388. The third-order valence-electron chi connectivity index (χ3n) is 3.90. The van der Waals surface area contributed by atoms with Crippen LogP contribution in [0.1, 0.15) is 17.2 Å². The van der Waals surface area contributed by atoms with Gasteiger partial charge in [-0.15, -0.1) is 0 Å². The lowest BCUT2D eigenvalue weighted by molar-refractivity contribution is 0.241. The third kappa shape index (κ3) is 2.22. The highest BCUT2D eigenvalue weighted by molar-refractivity contribution is 5.89. The second kappa shape index (κ2) is 4.87. The molecule has 0 spiro atoms. The van der Waals surface area contributed by atoms with E-state index in [0.29, 0.717) is 6.04 Å². The number of ether oxygens (including phenoxy) is 1. The first kappa shape index (κ1) is 12.5. The molecule has 1 aromatic carbocycles. The summed E-state index contributed by atoms with van der Waals surface area (Å²) in [6.45, 7) is 5.31. The van der Waals surface area contributed by atoms with Crippen molar-refractivity contribution in [3.05, 3.63) is 29.5 Å². The van der Waals surface area contributed by atoms with Gasteiger partial charge in [-0.05, 0) is 37.2 Å². The van der Waals surface area contributed by atoms with Gasteiger partial charge in [0.15, 0.2) is 0 Å². The van der Waals surface area contributed by atoms with E-state index in [1.165, 1.54) is 16.5 Å². The molecule has 1 aliphatic heterocycles. The molecule has 3 rings (SSSR count). The zero-order valence-corrected chi connectivity index (χ0v) is 11.8. The topological polar surface area (TPSA) is 40.3 Å². The highest BCUT2D eigenvalue weighted by atomic mass is 16.5. The number of methoxy groups -OCH3 is 1. The Balaban J connectivity index is 2.07. The summed E-state index contributed by atoms with van der Waals surface area (Å²) in [4.78, 5) is 5.73. The van der Waals surface area contributed by atoms with Gasteiger partial charge in [0.25, 0.3) is 0 Å². The van der Waals surface area contributed by atoms with Crippen molar-refractivity contribution in [2.75, 3.05) is 33.8 Å². The Morgan fingerprint density at radius 1 is 1.37 bits per heavy atom. The van der Waals surface area contributed by atoms with E-state index in [1.54, 1.807) is 7.11 Å². The number of aromatic amines is 1. The number of H-pyrrole nitrogens is 1. The summed E-state index contributed by atoms with van der Waals surface area (Å²) in [6, 6.07) is 4.70. The van der Waals surface area contributed by atoms with Gasteiger partial charge in [0.1, 0.15) is 5.75 Å². The fourth-order valence-corrected chi connectivity index (χ4v) is 2.91. The Hall–Kier alpha value is -1.52. The number of likely N-dealkylation sites (N-methyl/N-ethyl adjacent to an activating group) is 1. The number of benzene rings is 1. The van der Waals surface area contributed by atoms with E-state index in [4.69, 9.17) is 4.74 Å². The number of fused-ring (bicyclic) bond motifs is 1. The van der Waals surface area contributed by atoms with Crippen LogP contribution in [0, 0.1) is 6.92 Å². The van der Waals surface area contributed by atoms with Crippen LogP contribution in [0.5, 0.6) is 5.75 Å². The molecule has 1 atom stereocenters. The van der Waals surface area contributed by atoms with Crippen molar-refractivity contribution < 1.29 is 4.74 Å². The average molecular weight is 259 g/mol. The standard InChI is InChI=1S/C15H21N3O/c1-10-6-11-12(13-9-18(2)5-4-16-13)8-17-15(11)14(7-10)19-3/h6-8,13,16-17H,4-5,9H2,1-3H3. The third-order valence-corrected chi connectivity index (χ3v) is 3.90. The maximum absolute atomic E-state index is 5.47. The Morgan fingerprint density at radius 2 is 2.21 bits per heavy atom. The molecule has 1 aromatic heterocycles. The van der Waals surface area contributed by atoms with Crippen LogP contribution in [-0.4, -0.2) is 43.7 Å². The minimum Gasteiger partial charge on any atom is -0.495 e. The first-order valence-corrected chi connectivity index (χ1v) is 6.76. The molecule has 19 heavy (non-hydrogen) atoms. The lowest BCUT2D eigenvalue weighted by Crippen LogP contribution is -2.43. The van der Waals surface area contributed by atoms with Crippen molar-refractivity contribution >= 4 is 10.9 Å². The Morgan fingerprint density at radius 3 is 2.95 bits per heavy atom. The van der Waals surface area contributed by atoms with Gasteiger partial charge in [-0.3, -0.25) is 0 Å². The van der Waals surface area contributed by atoms with Crippen LogP contribution in [-0.2, 0) is 0 Å². The summed E-state index contributed by atoms with van der Waals surface area (Å²) < 4.78 is 5.47. The number of aromatic nitrogens is 1. The molecule has 0 amide bonds. The molecule has 1 saturated heterocycles. The largest absolute Gasteiger partial charge is 0.495 e. The first-order chi connectivity index (χ1) is 9.19. The molecule has 1 unspecified atom stereocenters. The molecular formula is C15H21N3O. The molecule has 0 bridgehead atoms. The number of nitrogens with zero attached hydrogens (tertiary/aromatic N) is 1. The molecule has 102 valence electrons. The van der Waals surface area contributed by atoms with Gasteiger partial charge in [-0.1, -0.05) is 0 Å². The molecular weight excluding hydrogens is 238 g/mol. The summed E-state index contributed by atoms with van der Waals surface area (Å²) in [5.41, 5.74) is 3.66. The summed E-state index contributed by atoms with van der Waals surface area (Å²) in [7, 11) is 3.90. The van der Waals surface area contributed by atoms with E-state index < -0.39 is 0 Å². The summed E-state index contributed by atoms with van der Waals surface area (Å²) in [6.07, 6.45) is 2.11. The van der Waals surface area contributed by atoms with Crippen LogP contribution in [0.4, 0.5) is 0 Å². The number of nitrogens with one attached hydrogen (secondary N) is 2. The van der Waals surface area contributed by atoms with E-state index in [2.05, 4.69) is 47.5 Å². The number of rotatable bonds is 2. The monoisotopic (exact) mass is 259 g/mol. The summed E-state index contributed by atoms with van der Waals surface area (Å²) in [5.74, 6) is 0.922. The normalized spacial score (nSPS) is 20.9. The van der Waals surface area contributed by atoms with Crippen molar-refractivity contribution in [1.29, 1.82) is 0 Å². The number of piperazine rings is 1. The van der Waals surface area contributed by atoms with Gasteiger partial charge in [-0.2, -0.15) is 0 Å². The minimum absolute atomic E-state index is 0.388. The van der Waals surface area contributed by atoms with E-state index in [1.807, 2.05) is 0 Å². The summed E-state index contributed by atoms with van der Waals surface area (Å²) >= 11 is 0. The fourth-order valence-electron chi connectivity index (χ4n) is 2.91. The van der Waals surface area contributed by atoms with Gasteiger partial charge in [0, 0.05) is 37.3 Å². The number of hydrogen-bond donors (Lipinski definition) is 2. The van der Waals surface area contributed by atoms with Gasteiger partial charge < -0.3 is 19.9 Å². The van der Waals surface area contributed by atoms with Crippen LogP contribution in [0.2, 0.25) is 0 Å². The van der Waals surface area contributed by atoms with E-state index in [-0.39, 0.29) is 0 Å². The van der Waals surface area contributed by atoms with Gasteiger partial charge >= 0.3 is 0 Å². The van der Waals surface area contributed by atoms with Crippen molar-refractivity contribution in [3.8, 4) is 5.75 Å². The zero-order valence-electron chi connectivity index (χ0n) is 11.8. The van der Waals surface area contributed by atoms with Gasteiger partial charge in [0.2, 0.25) is 0 Å². The Bertz CT molecular complexity index is 590. The highest BCUT2D eigenvalue weighted by Gasteiger charge is 2.21. The molecule has 0 saturated carbocycles. The van der Waals surface area contributed by atoms with Crippen LogP contribution in [0.15, 0.2) is 18.3 Å². The van der Waals surface area contributed by atoms with Crippen molar-refractivity contribution in [1.82, 2.24) is 15.2 Å². The lowest BCUT2D eigenvalue weighted by atomic mass is 10.0. The van der Waals surface area contributed by atoms with Crippen molar-refractivity contribution in [2.45, 2.75) is 13.0 Å². The van der Waals surface area contributed by atoms with Crippen LogP contribution in [0.25, 0.3) is 10.9 Å². The highest BCUT2D eigenvalue weighted by Crippen LogP contribution is 2.32. The Kier molecular flexibility index (Phi) is 3.21. The number of aryl methyl sites for hydroxylation is 1. The molecule has 1 aliphatic rings. The van der Waals surface area contributed by atoms with E-state index >= 15 is 0 Å². The van der Waals surface area contributed by atoms with Crippen molar-refractivity contribution in [3.63, 3.8) is 0 Å². The SMILES string of the molecule is COc1cc(C)cc2c(C3CN(C)CCN3)c[nH]c12. The quantitative estimate of drug-likeness (QED) is 0.867. The smallest absolute Gasteiger partial charge is 0.143 e. The molecule has 1 fully saturated rings.